The number of rotatable bonds is 5. The second-order valence-electron chi connectivity index (χ2n) is 3.29. The second-order valence-corrected chi connectivity index (χ2v) is 3.81. The minimum atomic E-state index is -0.628. The summed E-state index contributed by atoms with van der Waals surface area (Å²) < 4.78 is 18.4. The second kappa shape index (κ2) is 6.15. The molecule has 0 aliphatic carbocycles. The van der Waals surface area contributed by atoms with Crippen molar-refractivity contribution in [2.75, 3.05) is 13.7 Å². The van der Waals surface area contributed by atoms with E-state index in [0.717, 1.165) is 0 Å². The van der Waals surface area contributed by atoms with Crippen molar-refractivity contribution in [2.24, 2.45) is 5.73 Å². The van der Waals surface area contributed by atoms with Gasteiger partial charge < -0.3 is 15.8 Å². The molecular formula is C11H13FN2O2S. The fourth-order valence-corrected chi connectivity index (χ4v) is 1.38. The first kappa shape index (κ1) is 13.4. The fraction of sp³-hybridized carbons (Fsp3) is 0.273. The number of hydrogen-bond donors (Lipinski definition) is 2. The molecule has 0 spiro atoms. The van der Waals surface area contributed by atoms with E-state index < -0.39 is 11.7 Å². The van der Waals surface area contributed by atoms with Crippen LogP contribution in [0.3, 0.4) is 0 Å². The Morgan fingerprint density at radius 1 is 1.59 bits per heavy atom. The Morgan fingerprint density at radius 2 is 2.29 bits per heavy atom. The number of ether oxygens (including phenoxy) is 1. The molecule has 92 valence electrons. The largest absolute Gasteiger partial charge is 0.496 e. The average molecular weight is 256 g/mol. The normalized spacial score (nSPS) is 9.76. The van der Waals surface area contributed by atoms with Gasteiger partial charge in [-0.1, -0.05) is 18.3 Å². The molecule has 0 aromatic heterocycles. The summed E-state index contributed by atoms with van der Waals surface area (Å²) >= 11 is 4.67. The maximum Gasteiger partial charge on any atom is 0.258 e. The number of hydrogen-bond acceptors (Lipinski definition) is 3. The van der Waals surface area contributed by atoms with Gasteiger partial charge in [0, 0.05) is 13.0 Å². The van der Waals surface area contributed by atoms with Crippen LogP contribution in [0.5, 0.6) is 5.75 Å². The number of nitrogens with one attached hydrogen (secondary N) is 1. The highest BCUT2D eigenvalue weighted by Crippen LogP contribution is 2.20. The van der Waals surface area contributed by atoms with Crippen LogP contribution in [-0.2, 0) is 0 Å². The zero-order chi connectivity index (χ0) is 12.8. The molecule has 0 bridgehead atoms. The molecule has 1 rings (SSSR count). The van der Waals surface area contributed by atoms with Crippen molar-refractivity contribution in [3.8, 4) is 5.75 Å². The Kier molecular flexibility index (Phi) is 4.84. The summed E-state index contributed by atoms with van der Waals surface area (Å²) in [5.74, 6) is -0.980. The molecule has 1 aromatic rings. The maximum atomic E-state index is 13.5. The number of halogens is 1. The lowest BCUT2D eigenvalue weighted by Crippen LogP contribution is -2.28. The lowest BCUT2D eigenvalue weighted by Gasteiger charge is -2.09. The summed E-state index contributed by atoms with van der Waals surface area (Å²) in [5, 5.41) is 2.52. The molecule has 1 aromatic carbocycles. The van der Waals surface area contributed by atoms with Crippen LogP contribution >= 0.6 is 12.2 Å². The predicted molar refractivity (Wildman–Crippen MR) is 66.7 cm³/mol. The molecular weight excluding hydrogens is 243 g/mol. The van der Waals surface area contributed by atoms with Gasteiger partial charge in [0.05, 0.1) is 12.1 Å². The first-order valence-electron chi connectivity index (χ1n) is 4.95. The van der Waals surface area contributed by atoms with Crippen molar-refractivity contribution >= 4 is 23.1 Å². The first-order chi connectivity index (χ1) is 8.06. The number of carbonyl (C=O) groups excluding carboxylic acids is 1. The van der Waals surface area contributed by atoms with Gasteiger partial charge in [-0.3, -0.25) is 4.79 Å². The van der Waals surface area contributed by atoms with Gasteiger partial charge in [-0.25, -0.2) is 4.39 Å². The van der Waals surface area contributed by atoms with Crippen molar-refractivity contribution in [1.29, 1.82) is 0 Å². The number of nitrogens with two attached hydrogens (primary N) is 1. The summed E-state index contributed by atoms with van der Waals surface area (Å²) in [6, 6.07) is 4.19. The monoisotopic (exact) mass is 256 g/mol. The maximum absolute atomic E-state index is 13.5. The van der Waals surface area contributed by atoms with Crippen LogP contribution in [0.15, 0.2) is 18.2 Å². The van der Waals surface area contributed by atoms with E-state index in [1.165, 1.54) is 25.3 Å². The van der Waals surface area contributed by atoms with Gasteiger partial charge in [0.15, 0.2) is 0 Å². The summed E-state index contributed by atoms with van der Waals surface area (Å²) in [7, 11) is 1.38. The zero-order valence-corrected chi connectivity index (χ0v) is 10.1. The number of methoxy groups -OCH3 is 1. The van der Waals surface area contributed by atoms with Gasteiger partial charge in [0.2, 0.25) is 0 Å². The molecule has 0 aliphatic heterocycles. The van der Waals surface area contributed by atoms with E-state index in [1.807, 2.05) is 0 Å². The van der Waals surface area contributed by atoms with Crippen LogP contribution in [0.25, 0.3) is 0 Å². The number of thiocarbonyl (C=S) groups is 1. The molecule has 0 heterocycles. The molecule has 0 radical (unpaired) electrons. The highest BCUT2D eigenvalue weighted by molar-refractivity contribution is 7.80. The topological polar surface area (TPSA) is 64.3 Å². The molecule has 0 unspecified atom stereocenters. The van der Waals surface area contributed by atoms with Gasteiger partial charge in [0.25, 0.3) is 5.91 Å². The SMILES string of the molecule is COc1cccc(F)c1C(=O)NCCC(N)=S. The van der Waals surface area contributed by atoms with Crippen LogP contribution in [0.2, 0.25) is 0 Å². The third kappa shape index (κ3) is 3.67. The summed E-state index contributed by atoms with van der Waals surface area (Å²) in [6.45, 7) is 0.269. The van der Waals surface area contributed by atoms with Crippen molar-refractivity contribution in [3.05, 3.63) is 29.6 Å². The number of benzene rings is 1. The zero-order valence-electron chi connectivity index (χ0n) is 9.33. The molecule has 1 amide bonds. The molecule has 0 saturated carbocycles. The highest BCUT2D eigenvalue weighted by atomic mass is 32.1. The van der Waals surface area contributed by atoms with E-state index in [1.54, 1.807) is 0 Å². The Bertz CT molecular complexity index is 437. The van der Waals surface area contributed by atoms with Gasteiger partial charge in [-0.15, -0.1) is 0 Å². The van der Waals surface area contributed by atoms with E-state index in [0.29, 0.717) is 11.4 Å². The van der Waals surface area contributed by atoms with E-state index in [9.17, 15) is 9.18 Å². The predicted octanol–water partition coefficient (Wildman–Crippen LogP) is 1.24. The molecule has 3 N–H and O–H groups in total. The van der Waals surface area contributed by atoms with Crippen LogP contribution in [-0.4, -0.2) is 24.6 Å². The average Bonchev–Trinajstić information content (AvgIpc) is 2.27. The molecule has 0 saturated heterocycles. The Hall–Kier alpha value is -1.69. The number of amides is 1. The molecule has 4 nitrogen and oxygen atoms in total. The quantitative estimate of drug-likeness (QED) is 0.778. The Balaban J connectivity index is 2.77. The molecule has 0 aliphatic rings. The van der Waals surface area contributed by atoms with Gasteiger partial charge >= 0.3 is 0 Å². The van der Waals surface area contributed by atoms with E-state index in [2.05, 4.69) is 17.5 Å². The lowest BCUT2D eigenvalue weighted by molar-refractivity contribution is 0.0947. The van der Waals surface area contributed by atoms with E-state index in [4.69, 9.17) is 10.5 Å². The van der Waals surface area contributed by atoms with Crippen LogP contribution in [0, 0.1) is 5.82 Å². The van der Waals surface area contributed by atoms with Crippen molar-refractivity contribution < 1.29 is 13.9 Å². The Morgan fingerprint density at radius 3 is 2.88 bits per heavy atom. The fourth-order valence-electron chi connectivity index (χ4n) is 1.28. The highest BCUT2D eigenvalue weighted by Gasteiger charge is 2.16. The van der Waals surface area contributed by atoms with Gasteiger partial charge in [-0.2, -0.15) is 0 Å². The standard InChI is InChI=1S/C11H13FN2O2S/c1-16-8-4-2-3-7(12)10(8)11(15)14-6-5-9(13)17/h2-4H,5-6H2,1H3,(H2,13,17)(H,14,15). The summed E-state index contributed by atoms with van der Waals surface area (Å²) in [6.07, 6.45) is 0.373. The molecule has 6 heteroatoms. The lowest BCUT2D eigenvalue weighted by atomic mass is 10.1. The van der Waals surface area contributed by atoms with Crippen molar-refractivity contribution in [2.45, 2.75) is 6.42 Å². The molecule has 0 fully saturated rings. The van der Waals surface area contributed by atoms with E-state index in [-0.39, 0.29) is 17.9 Å². The van der Waals surface area contributed by atoms with Crippen LogP contribution in [0.1, 0.15) is 16.8 Å². The molecule has 0 atom stereocenters. The van der Waals surface area contributed by atoms with Gasteiger partial charge in [-0.05, 0) is 12.1 Å². The minimum absolute atomic E-state index is 0.113. The Labute approximate surface area is 104 Å². The summed E-state index contributed by atoms with van der Waals surface area (Å²) in [5.41, 5.74) is 5.17. The van der Waals surface area contributed by atoms with Crippen molar-refractivity contribution in [1.82, 2.24) is 5.32 Å². The van der Waals surface area contributed by atoms with Gasteiger partial charge in [0.1, 0.15) is 17.1 Å². The number of carbonyl (C=O) groups is 1. The first-order valence-corrected chi connectivity index (χ1v) is 5.36. The van der Waals surface area contributed by atoms with E-state index >= 15 is 0 Å². The minimum Gasteiger partial charge on any atom is -0.496 e. The van der Waals surface area contributed by atoms with Crippen molar-refractivity contribution in [3.63, 3.8) is 0 Å². The third-order valence-corrected chi connectivity index (χ3v) is 2.28. The van der Waals surface area contributed by atoms with Crippen LogP contribution in [0.4, 0.5) is 4.39 Å². The smallest absolute Gasteiger partial charge is 0.258 e. The van der Waals surface area contributed by atoms with Crippen LogP contribution < -0.4 is 15.8 Å². The third-order valence-electron chi connectivity index (χ3n) is 2.08. The molecule has 17 heavy (non-hydrogen) atoms. The summed E-state index contributed by atoms with van der Waals surface area (Å²) in [4.78, 5) is 12.0.